The maximum Gasteiger partial charge on any atom is 0.120 e. The van der Waals surface area contributed by atoms with Gasteiger partial charge in [-0.15, -0.1) is 0 Å². The number of aliphatic hydroxyl groups excluding tert-OH is 1. The van der Waals surface area contributed by atoms with Crippen LogP contribution in [0.1, 0.15) is 55.4 Å². The summed E-state index contributed by atoms with van der Waals surface area (Å²) in [6, 6.07) is 1.79. The van der Waals surface area contributed by atoms with Crippen molar-refractivity contribution in [3.05, 3.63) is 27.8 Å². The monoisotopic (exact) mass is 280 g/mol. The van der Waals surface area contributed by atoms with Gasteiger partial charge in [0.1, 0.15) is 5.75 Å². The SMILES string of the molecule is Cc1c(O)cc2c(c1Cl)C(O)C(C)(C1CCCC1)C2. The summed E-state index contributed by atoms with van der Waals surface area (Å²) in [5.41, 5.74) is 2.43. The molecule has 3 rings (SSSR count). The van der Waals surface area contributed by atoms with Crippen molar-refractivity contribution >= 4 is 11.6 Å². The van der Waals surface area contributed by atoms with Gasteiger partial charge in [-0.05, 0) is 43.7 Å². The van der Waals surface area contributed by atoms with Crippen LogP contribution in [0.3, 0.4) is 0 Å². The van der Waals surface area contributed by atoms with E-state index in [1.807, 2.05) is 0 Å². The molecule has 2 nitrogen and oxygen atoms in total. The highest BCUT2D eigenvalue weighted by atomic mass is 35.5. The molecule has 0 aliphatic heterocycles. The lowest BCUT2D eigenvalue weighted by atomic mass is 9.72. The number of phenols is 1. The molecule has 1 aromatic carbocycles. The third-order valence-corrected chi connectivity index (χ3v) is 5.85. The number of phenolic OH excluding ortho intramolecular Hbond substituents is 1. The number of fused-ring (bicyclic) bond motifs is 1. The van der Waals surface area contributed by atoms with E-state index in [0.717, 1.165) is 17.5 Å². The van der Waals surface area contributed by atoms with Gasteiger partial charge in [0.25, 0.3) is 0 Å². The largest absolute Gasteiger partial charge is 0.508 e. The Morgan fingerprint density at radius 3 is 2.58 bits per heavy atom. The number of aliphatic hydroxyl groups is 1. The Bertz CT molecular complexity index is 520. The van der Waals surface area contributed by atoms with E-state index in [1.54, 1.807) is 13.0 Å². The molecule has 3 heteroatoms. The molecule has 0 radical (unpaired) electrons. The standard InChI is InChI=1S/C16H21ClO2/c1-9-12(18)7-10-8-16(2,11-5-3-4-6-11)15(19)13(10)14(9)17/h7,11,15,18-19H,3-6,8H2,1-2H3. The summed E-state index contributed by atoms with van der Waals surface area (Å²) in [6.07, 6.45) is 5.25. The van der Waals surface area contributed by atoms with Crippen molar-refractivity contribution < 1.29 is 10.2 Å². The van der Waals surface area contributed by atoms with Gasteiger partial charge in [-0.1, -0.05) is 31.4 Å². The summed E-state index contributed by atoms with van der Waals surface area (Å²) in [5, 5.41) is 21.3. The van der Waals surface area contributed by atoms with E-state index in [1.165, 1.54) is 25.7 Å². The van der Waals surface area contributed by atoms with Crippen LogP contribution < -0.4 is 0 Å². The molecule has 1 saturated carbocycles. The van der Waals surface area contributed by atoms with Crippen LogP contribution in [0.15, 0.2) is 6.07 Å². The van der Waals surface area contributed by atoms with Crippen molar-refractivity contribution in [1.82, 2.24) is 0 Å². The molecule has 2 unspecified atom stereocenters. The predicted molar refractivity (Wildman–Crippen MR) is 76.6 cm³/mol. The van der Waals surface area contributed by atoms with Gasteiger partial charge in [-0.2, -0.15) is 0 Å². The minimum atomic E-state index is -0.502. The summed E-state index contributed by atoms with van der Waals surface area (Å²) in [5.74, 6) is 0.806. The minimum Gasteiger partial charge on any atom is -0.508 e. The second-order valence-corrected chi connectivity index (χ2v) is 6.85. The van der Waals surface area contributed by atoms with E-state index in [9.17, 15) is 10.2 Å². The van der Waals surface area contributed by atoms with Crippen LogP contribution in [-0.4, -0.2) is 10.2 Å². The molecule has 0 heterocycles. The molecule has 0 aromatic heterocycles. The second kappa shape index (κ2) is 4.39. The third kappa shape index (κ3) is 1.80. The number of aromatic hydroxyl groups is 1. The summed E-state index contributed by atoms with van der Waals surface area (Å²) < 4.78 is 0. The summed E-state index contributed by atoms with van der Waals surface area (Å²) in [7, 11) is 0. The molecule has 0 spiro atoms. The number of halogens is 1. The normalized spacial score (nSPS) is 30.8. The van der Waals surface area contributed by atoms with Crippen LogP contribution in [-0.2, 0) is 6.42 Å². The topological polar surface area (TPSA) is 40.5 Å². The lowest BCUT2D eigenvalue weighted by Gasteiger charge is -2.35. The quantitative estimate of drug-likeness (QED) is 0.812. The van der Waals surface area contributed by atoms with Crippen molar-refractivity contribution in [3.8, 4) is 5.75 Å². The first kappa shape index (κ1) is 13.3. The number of rotatable bonds is 1. The Labute approximate surface area is 119 Å². The van der Waals surface area contributed by atoms with Crippen molar-refractivity contribution in [2.24, 2.45) is 11.3 Å². The van der Waals surface area contributed by atoms with Gasteiger partial charge in [-0.25, -0.2) is 0 Å². The van der Waals surface area contributed by atoms with Crippen LogP contribution in [0, 0.1) is 18.3 Å². The van der Waals surface area contributed by atoms with Crippen LogP contribution in [0.5, 0.6) is 5.75 Å². The van der Waals surface area contributed by atoms with Gasteiger partial charge in [0.2, 0.25) is 0 Å². The van der Waals surface area contributed by atoms with Crippen LogP contribution in [0.25, 0.3) is 0 Å². The number of hydrogen-bond donors (Lipinski definition) is 2. The van der Waals surface area contributed by atoms with Gasteiger partial charge in [-0.3, -0.25) is 0 Å². The highest BCUT2D eigenvalue weighted by Gasteiger charge is 2.48. The van der Waals surface area contributed by atoms with Crippen LogP contribution >= 0.6 is 11.6 Å². The molecule has 104 valence electrons. The molecule has 0 amide bonds. The zero-order chi connectivity index (χ0) is 13.8. The van der Waals surface area contributed by atoms with Gasteiger partial charge in [0.15, 0.2) is 0 Å². The van der Waals surface area contributed by atoms with Gasteiger partial charge < -0.3 is 10.2 Å². The maximum atomic E-state index is 10.8. The summed E-state index contributed by atoms with van der Waals surface area (Å²) in [6.45, 7) is 3.98. The van der Waals surface area contributed by atoms with E-state index < -0.39 is 6.10 Å². The van der Waals surface area contributed by atoms with E-state index in [4.69, 9.17) is 11.6 Å². The van der Waals surface area contributed by atoms with Gasteiger partial charge in [0.05, 0.1) is 11.1 Å². The van der Waals surface area contributed by atoms with E-state index in [-0.39, 0.29) is 11.2 Å². The smallest absolute Gasteiger partial charge is 0.120 e. The molecule has 2 aliphatic rings. The average molecular weight is 281 g/mol. The molecular formula is C16H21ClO2. The second-order valence-electron chi connectivity index (χ2n) is 6.47. The van der Waals surface area contributed by atoms with Crippen molar-refractivity contribution in [1.29, 1.82) is 0 Å². The molecule has 1 fully saturated rings. The van der Waals surface area contributed by atoms with E-state index >= 15 is 0 Å². The Morgan fingerprint density at radius 2 is 1.95 bits per heavy atom. The Kier molecular flexibility index (Phi) is 3.06. The van der Waals surface area contributed by atoms with Crippen molar-refractivity contribution in [2.75, 3.05) is 0 Å². The molecule has 19 heavy (non-hydrogen) atoms. The first-order valence-corrected chi connectivity index (χ1v) is 7.52. The number of benzene rings is 1. The zero-order valence-electron chi connectivity index (χ0n) is 11.5. The van der Waals surface area contributed by atoms with Gasteiger partial charge >= 0.3 is 0 Å². The predicted octanol–water partition coefficient (Wildman–Crippen LogP) is 4.14. The van der Waals surface area contributed by atoms with Gasteiger partial charge in [0, 0.05) is 16.5 Å². The molecule has 0 bridgehead atoms. The highest BCUT2D eigenvalue weighted by Crippen LogP contribution is 2.57. The van der Waals surface area contributed by atoms with Crippen LogP contribution in [0.2, 0.25) is 5.02 Å². The highest BCUT2D eigenvalue weighted by molar-refractivity contribution is 6.32. The Hall–Kier alpha value is -0.730. The van der Waals surface area contributed by atoms with E-state index in [2.05, 4.69) is 6.92 Å². The minimum absolute atomic E-state index is 0.122. The first-order chi connectivity index (χ1) is 8.95. The molecular weight excluding hydrogens is 260 g/mol. The lowest BCUT2D eigenvalue weighted by molar-refractivity contribution is 0.00784. The molecule has 2 N–H and O–H groups in total. The Morgan fingerprint density at radius 1 is 1.32 bits per heavy atom. The lowest BCUT2D eigenvalue weighted by Crippen LogP contribution is -2.30. The van der Waals surface area contributed by atoms with Crippen LogP contribution in [0.4, 0.5) is 0 Å². The fraction of sp³-hybridized carbons (Fsp3) is 0.625. The molecule has 0 saturated heterocycles. The van der Waals surface area contributed by atoms with Crippen molar-refractivity contribution in [2.45, 2.75) is 52.1 Å². The number of hydrogen-bond acceptors (Lipinski definition) is 2. The summed E-state index contributed by atoms with van der Waals surface area (Å²) in [4.78, 5) is 0. The third-order valence-electron chi connectivity index (χ3n) is 5.36. The zero-order valence-corrected chi connectivity index (χ0v) is 12.3. The fourth-order valence-electron chi connectivity index (χ4n) is 4.04. The Balaban J connectivity index is 2.06. The molecule has 1 aromatic rings. The van der Waals surface area contributed by atoms with E-state index in [0.29, 0.717) is 16.5 Å². The maximum absolute atomic E-state index is 10.8. The first-order valence-electron chi connectivity index (χ1n) is 7.14. The van der Waals surface area contributed by atoms with Crippen molar-refractivity contribution in [3.63, 3.8) is 0 Å². The molecule has 2 aliphatic carbocycles. The summed E-state index contributed by atoms with van der Waals surface area (Å²) >= 11 is 6.35. The fourth-order valence-corrected chi connectivity index (χ4v) is 4.36. The average Bonchev–Trinajstić information content (AvgIpc) is 2.96. The molecule has 2 atom stereocenters.